The Morgan fingerprint density at radius 3 is 2.25 bits per heavy atom. The topological polar surface area (TPSA) is 57.9 Å². The quantitative estimate of drug-likeness (QED) is 0.567. The smallest absolute Gasteiger partial charge is 0.560 e. The summed E-state index contributed by atoms with van der Waals surface area (Å²) >= 11 is 5.50. The van der Waals surface area contributed by atoms with Crippen LogP contribution in [0.15, 0.2) is 29.2 Å². The van der Waals surface area contributed by atoms with Crippen LogP contribution in [-0.2, 0) is 10.0 Å². The van der Waals surface area contributed by atoms with Crippen LogP contribution in [-0.4, -0.2) is 8.42 Å². The molecule has 1 aromatic carbocycles. The van der Waals surface area contributed by atoms with E-state index in [4.69, 9.17) is 16.7 Å². The van der Waals surface area contributed by atoms with Gasteiger partial charge in [-0.1, -0.05) is 17.7 Å². The van der Waals surface area contributed by atoms with Crippen LogP contribution in [0.1, 0.15) is 0 Å². The maximum atomic E-state index is 10.6. The van der Waals surface area contributed by atoms with Crippen molar-refractivity contribution in [1.29, 1.82) is 0 Å². The van der Waals surface area contributed by atoms with Gasteiger partial charge < -0.3 is 5.14 Å². The summed E-state index contributed by atoms with van der Waals surface area (Å²) in [7, 11) is -3.86. The van der Waals surface area contributed by atoms with Gasteiger partial charge in [-0.25, -0.2) is 8.42 Å². The predicted molar refractivity (Wildman–Crippen MR) is 43.0 cm³/mol. The van der Waals surface area contributed by atoms with Crippen molar-refractivity contribution in [2.45, 2.75) is 4.90 Å². The van der Waals surface area contributed by atoms with Gasteiger partial charge in [-0.05, 0) is 18.2 Å². The molecule has 0 spiro atoms. The van der Waals surface area contributed by atoms with E-state index < -0.39 is 10.0 Å². The van der Waals surface area contributed by atoms with E-state index in [1.54, 1.807) is 6.07 Å². The summed E-state index contributed by atoms with van der Waals surface area (Å²) in [5, 5.41) is 7.00. The van der Waals surface area contributed by atoms with Crippen molar-refractivity contribution in [2.75, 3.05) is 0 Å². The number of hydrogen-bond acceptors (Lipinski definition) is 2. The maximum Gasteiger partial charge on any atom is 1.00 e. The van der Waals surface area contributed by atoms with Crippen molar-refractivity contribution in [3.05, 3.63) is 34.4 Å². The Morgan fingerprint density at radius 1 is 1.33 bits per heavy atom. The molecule has 0 radical (unpaired) electrons. The summed E-state index contributed by atoms with van der Waals surface area (Å²) in [5.74, 6) is 0. The molecule has 0 unspecified atom stereocenters. The predicted octanol–water partition coefficient (Wildman–Crippen LogP) is -0.915. The molecular formula is C6H5ClNNaO2S. The zero-order valence-corrected chi connectivity index (χ0v) is 9.98. The third kappa shape index (κ3) is 3.43. The van der Waals surface area contributed by atoms with Crippen molar-refractivity contribution in [1.82, 2.24) is 0 Å². The SMILES string of the molecule is [NH-]S(=O)(=O)c1cccc(Cl)c1.[Na+]. The van der Waals surface area contributed by atoms with Crippen LogP contribution in [0.4, 0.5) is 0 Å². The van der Waals surface area contributed by atoms with Crippen LogP contribution < -0.4 is 29.6 Å². The van der Waals surface area contributed by atoms with Crippen molar-refractivity contribution < 1.29 is 38.0 Å². The summed E-state index contributed by atoms with van der Waals surface area (Å²) in [6.07, 6.45) is 0. The van der Waals surface area contributed by atoms with Crippen molar-refractivity contribution in [3.8, 4) is 0 Å². The number of nitrogens with one attached hydrogen (secondary N) is 1. The first-order chi connectivity index (χ1) is 5.00. The monoisotopic (exact) mass is 213 g/mol. The number of rotatable bonds is 1. The molecule has 1 N–H and O–H groups in total. The van der Waals surface area contributed by atoms with Crippen molar-refractivity contribution in [3.63, 3.8) is 0 Å². The van der Waals surface area contributed by atoms with Crippen LogP contribution >= 0.6 is 11.6 Å². The molecule has 0 aliphatic rings. The fourth-order valence-electron chi connectivity index (χ4n) is 0.634. The van der Waals surface area contributed by atoms with Gasteiger partial charge in [0.25, 0.3) is 0 Å². The molecule has 1 aromatic rings. The summed E-state index contributed by atoms with van der Waals surface area (Å²) in [6, 6.07) is 5.61. The fourth-order valence-corrected chi connectivity index (χ4v) is 1.43. The fraction of sp³-hybridized carbons (Fsp3) is 0. The minimum atomic E-state index is -3.86. The Hall–Kier alpha value is 0.420. The van der Waals surface area contributed by atoms with Crippen LogP contribution in [0.2, 0.25) is 5.02 Å². The molecule has 0 saturated heterocycles. The average Bonchev–Trinajstić information content (AvgIpc) is 1.86. The second-order valence-electron chi connectivity index (χ2n) is 1.96. The molecule has 12 heavy (non-hydrogen) atoms. The Morgan fingerprint density at radius 2 is 1.92 bits per heavy atom. The summed E-state index contributed by atoms with van der Waals surface area (Å²) < 4.78 is 21.2. The summed E-state index contributed by atoms with van der Waals surface area (Å²) in [4.78, 5) is -0.0787. The van der Waals surface area contributed by atoms with Gasteiger partial charge in [0, 0.05) is 9.92 Å². The molecule has 3 nitrogen and oxygen atoms in total. The Kier molecular flexibility index (Phi) is 4.76. The van der Waals surface area contributed by atoms with Crippen LogP contribution in [0, 0.1) is 0 Å². The van der Waals surface area contributed by atoms with E-state index in [9.17, 15) is 8.42 Å². The maximum absolute atomic E-state index is 10.6. The zero-order chi connectivity index (χ0) is 8.48. The summed E-state index contributed by atoms with van der Waals surface area (Å²) in [6.45, 7) is 0. The molecule has 0 atom stereocenters. The molecule has 0 heterocycles. The number of hydrogen-bond donors (Lipinski definition) is 0. The second kappa shape index (κ2) is 4.60. The number of sulfonamides is 1. The minimum absolute atomic E-state index is 0. The first kappa shape index (κ1) is 12.4. The van der Waals surface area contributed by atoms with E-state index >= 15 is 0 Å². The molecule has 0 bridgehead atoms. The molecule has 0 aliphatic heterocycles. The van der Waals surface area contributed by atoms with Gasteiger partial charge in [0.15, 0.2) is 0 Å². The second-order valence-corrected chi connectivity index (χ2v) is 3.88. The van der Waals surface area contributed by atoms with Gasteiger partial charge in [0.1, 0.15) is 0 Å². The van der Waals surface area contributed by atoms with Gasteiger partial charge in [-0.15, -0.1) is 0 Å². The molecule has 0 amide bonds. The molecule has 0 fully saturated rings. The summed E-state index contributed by atoms with van der Waals surface area (Å²) in [5.41, 5.74) is 0. The van der Waals surface area contributed by atoms with Gasteiger partial charge in [0.05, 0.1) is 10.0 Å². The van der Waals surface area contributed by atoms with E-state index in [-0.39, 0.29) is 34.5 Å². The third-order valence-corrected chi connectivity index (χ3v) is 2.22. The van der Waals surface area contributed by atoms with E-state index in [1.165, 1.54) is 18.2 Å². The van der Waals surface area contributed by atoms with E-state index in [0.717, 1.165) is 0 Å². The minimum Gasteiger partial charge on any atom is -0.560 e. The number of benzene rings is 1. The largest absolute Gasteiger partial charge is 1.00 e. The zero-order valence-electron chi connectivity index (χ0n) is 6.41. The van der Waals surface area contributed by atoms with Crippen molar-refractivity contribution >= 4 is 21.6 Å². The first-order valence-corrected chi connectivity index (χ1v) is 4.61. The van der Waals surface area contributed by atoms with Crippen LogP contribution in [0.3, 0.4) is 0 Å². The molecule has 0 aliphatic carbocycles. The van der Waals surface area contributed by atoms with E-state index in [0.29, 0.717) is 5.02 Å². The Labute approximate surface area is 98.2 Å². The van der Waals surface area contributed by atoms with Crippen LogP contribution in [0.5, 0.6) is 0 Å². The molecule has 60 valence electrons. The van der Waals surface area contributed by atoms with Crippen molar-refractivity contribution in [2.24, 2.45) is 0 Å². The molecule has 6 heteroatoms. The van der Waals surface area contributed by atoms with E-state index in [2.05, 4.69) is 0 Å². The number of halogens is 1. The van der Waals surface area contributed by atoms with Gasteiger partial charge in [-0.2, -0.15) is 0 Å². The molecule has 0 aromatic heterocycles. The first-order valence-electron chi connectivity index (χ1n) is 2.75. The van der Waals surface area contributed by atoms with Gasteiger partial charge in [0.2, 0.25) is 0 Å². The average molecular weight is 214 g/mol. The normalized spacial score (nSPS) is 10.5. The van der Waals surface area contributed by atoms with Gasteiger partial charge >= 0.3 is 29.6 Å². The van der Waals surface area contributed by atoms with E-state index in [1.807, 2.05) is 0 Å². The third-order valence-electron chi connectivity index (χ3n) is 1.11. The van der Waals surface area contributed by atoms with Gasteiger partial charge in [-0.3, -0.25) is 0 Å². The standard InChI is InChI=1S/C6H5ClNO2S.Na/c7-5-2-1-3-6(4-5)11(8,9)10;/h1-4H,(H-,8,9,10);/q-1;+1. The Balaban J connectivity index is 0.00000121. The molecular weight excluding hydrogens is 209 g/mol. The van der Waals surface area contributed by atoms with Crippen LogP contribution in [0.25, 0.3) is 5.14 Å². The molecule has 0 saturated carbocycles. The Bertz CT molecular complexity index is 366. The molecule has 1 rings (SSSR count).